The molecule has 3 nitrogen and oxygen atoms in total. The molecule has 106 valence electrons. The molecular weight excluding hydrogens is 269 g/mol. The summed E-state index contributed by atoms with van der Waals surface area (Å²) in [6.45, 7) is 1.84. The second-order valence-electron chi connectivity index (χ2n) is 4.42. The molecule has 1 aromatic carbocycles. The van der Waals surface area contributed by atoms with Crippen molar-refractivity contribution in [2.45, 2.75) is 19.5 Å². The van der Waals surface area contributed by atoms with Crippen LogP contribution in [0.15, 0.2) is 30.5 Å². The van der Waals surface area contributed by atoms with Crippen molar-refractivity contribution in [3.05, 3.63) is 52.8 Å². The molecule has 20 heavy (non-hydrogen) atoms. The Morgan fingerprint density at radius 3 is 2.65 bits per heavy atom. The van der Waals surface area contributed by atoms with Crippen molar-refractivity contribution in [2.24, 2.45) is 7.05 Å². The summed E-state index contributed by atoms with van der Waals surface area (Å²) >= 11 is 0. The summed E-state index contributed by atoms with van der Waals surface area (Å²) < 4.78 is 39.5. The third-order valence-corrected chi connectivity index (χ3v) is 2.94. The third-order valence-electron chi connectivity index (χ3n) is 2.94. The van der Waals surface area contributed by atoms with E-state index in [9.17, 15) is 18.0 Å². The van der Waals surface area contributed by atoms with Crippen LogP contribution in [0.25, 0.3) is 0 Å². The summed E-state index contributed by atoms with van der Waals surface area (Å²) in [5, 5.41) is 4.12. The van der Waals surface area contributed by atoms with Gasteiger partial charge in [-0.15, -0.1) is 0 Å². The van der Waals surface area contributed by atoms with Gasteiger partial charge in [0.25, 0.3) is 0 Å². The molecule has 1 heterocycles. The molecule has 0 aliphatic heterocycles. The Bertz CT molecular complexity index is 644. The van der Waals surface area contributed by atoms with Crippen LogP contribution in [-0.4, -0.2) is 15.6 Å². The number of benzene rings is 1. The van der Waals surface area contributed by atoms with Gasteiger partial charge in [0.05, 0.1) is 16.8 Å². The number of aryl methyl sites for hydroxylation is 2. The van der Waals surface area contributed by atoms with Gasteiger partial charge in [-0.2, -0.15) is 18.3 Å². The lowest BCUT2D eigenvalue weighted by Crippen LogP contribution is -2.08. The van der Waals surface area contributed by atoms with E-state index < -0.39 is 17.5 Å². The van der Waals surface area contributed by atoms with Crippen molar-refractivity contribution in [2.75, 3.05) is 0 Å². The summed E-state index contributed by atoms with van der Waals surface area (Å²) in [4.78, 5) is 12.3. The fourth-order valence-corrected chi connectivity index (χ4v) is 1.98. The Hall–Kier alpha value is -2.11. The monoisotopic (exact) mass is 282 g/mol. The van der Waals surface area contributed by atoms with Gasteiger partial charge in [-0.3, -0.25) is 9.48 Å². The maximum absolute atomic E-state index is 12.7. The molecule has 0 spiro atoms. The molecule has 0 saturated heterocycles. The second kappa shape index (κ2) is 5.11. The minimum Gasteiger partial charge on any atom is -0.288 e. The summed E-state index contributed by atoms with van der Waals surface area (Å²) in [5.41, 5.74) is 0.108. The van der Waals surface area contributed by atoms with E-state index in [1.54, 1.807) is 7.05 Å². The largest absolute Gasteiger partial charge is 0.416 e. The van der Waals surface area contributed by atoms with Crippen LogP contribution in [0, 0.1) is 0 Å². The van der Waals surface area contributed by atoms with Crippen LogP contribution in [0.2, 0.25) is 0 Å². The topological polar surface area (TPSA) is 34.9 Å². The smallest absolute Gasteiger partial charge is 0.288 e. The van der Waals surface area contributed by atoms with Gasteiger partial charge in [-0.1, -0.05) is 19.1 Å². The number of aromatic nitrogens is 2. The molecule has 0 radical (unpaired) electrons. The normalized spacial score (nSPS) is 11.7. The van der Waals surface area contributed by atoms with E-state index in [2.05, 4.69) is 5.10 Å². The van der Waals surface area contributed by atoms with Crippen molar-refractivity contribution in [3.8, 4) is 0 Å². The van der Waals surface area contributed by atoms with Gasteiger partial charge in [-0.25, -0.2) is 0 Å². The van der Waals surface area contributed by atoms with Crippen LogP contribution in [0.3, 0.4) is 0 Å². The van der Waals surface area contributed by atoms with Crippen LogP contribution in [0.1, 0.15) is 34.1 Å². The molecule has 0 N–H and O–H groups in total. The van der Waals surface area contributed by atoms with Gasteiger partial charge >= 0.3 is 6.18 Å². The second-order valence-corrected chi connectivity index (χ2v) is 4.42. The summed E-state index contributed by atoms with van der Waals surface area (Å²) in [5.74, 6) is -0.443. The highest BCUT2D eigenvalue weighted by Gasteiger charge is 2.31. The molecule has 2 rings (SSSR count). The van der Waals surface area contributed by atoms with Crippen molar-refractivity contribution in [3.63, 3.8) is 0 Å². The number of carbonyl (C=O) groups excluding carboxylic acids is 1. The first-order valence-electron chi connectivity index (χ1n) is 6.07. The highest BCUT2D eigenvalue weighted by atomic mass is 19.4. The van der Waals surface area contributed by atoms with E-state index in [1.807, 2.05) is 6.92 Å². The number of hydrogen-bond acceptors (Lipinski definition) is 2. The Morgan fingerprint density at radius 2 is 2.05 bits per heavy atom. The first kappa shape index (κ1) is 14.3. The zero-order valence-electron chi connectivity index (χ0n) is 11.0. The molecule has 6 heteroatoms. The molecule has 0 saturated carbocycles. The van der Waals surface area contributed by atoms with Crippen molar-refractivity contribution in [1.82, 2.24) is 9.78 Å². The molecule has 0 amide bonds. The van der Waals surface area contributed by atoms with Crippen LogP contribution >= 0.6 is 0 Å². The van der Waals surface area contributed by atoms with Crippen LogP contribution in [0.5, 0.6) is 0 Å². The van der Waals surface area contributed by atoms with E-state index in [1.165, 1.54) is 23.0 Å². The molecule has 0 aliphatic rings. The Balaban J connectivity index is 2.43. The lowest BCUT2D eigenvalue weighted by molar-refractivity contribution is -0.137. The highest BCUT2D eigenvalue weighted by Crippen LogP contribution is 2.30. The van der Waals surface area contributed by atoms with E-state index in [4.69, 9.17) is 0 Å². The number of ketones is 1. The maximum Gasteiger partial charge on any atom is 0.416 e. The fraction of sp³-hybridized carbons (Fsp3) is 0.286. The van der Waals surface area contributed by atoms with E-state index >= 15 is 0 Å². The molecule has 0 fully saturated rings. The van der Waals surface area contributed by atoms with E-state index in [0.29, 0.717) is 17.7 Å². The molecule has 2 aromatic rings. The predicted octanol–water partition coefficient (Wildman–Crippen LogP) is 3.23. The van der Waals surface area contributed by atoms with Crippen LogP contribution in [-0.2, 0) is 19.6 Å². The van der Waals surface area contributed by atoms with Gasteiger partial charge in [0, 0.05) is 18.8 Å². The highest BCUT2D eigenvalue weighted by molar-refractivity contribution is 6.09. The molecule has 0 bridgehead atoms. The number of halogens is 3. The predicted molar refractivity (Wildman–Crippen MR) is 67.5 cm³/mol. The Labute approximate surface area is 114 Å². The third kappa shape index (κ3) is 2.74. The molecular formula is C14H13F3N2O. The van der Waals surface area contributed by atoms with Gasteiger partial charge in [0.1, 0.15) is 0 Å². The number of nitrogens with zero attached hydrogens (tertiary/aromatic N) is 2. The standard InChI is InChI=1S/C14H13F3N2O/c1-3-12-11(8-19(2)18-12)13(20)9-5-4-6-10(7-9)14(15,16)17/h4-8H,3H2,1-2H3. The number of alkyl halides is 3. The molecule has 0 unspecified atom stereocenters. The lowest BCUT2D eigenvalue weighted by Gasteiger charge is -2.08. The zero-order chi connectivity index (χ0) is 14.9. The van der Waals surface area contributed by atoms with Gasteiger partial charge in [0.2, 0.25) is 0 Å². The fourth-order valence-electron chi connectivity index (χ4n) is 1.98. The minimum absolute atomic E-state index is 0.0162. The van der Waals surface area contributed by atoms with E-state index in [0.717, 1.165) is 12.1 Å². The first-order chi connectivity index (χ1) is 9.32. The zero-order valence-corrected chi connectivity index (χ0v) is 11.0. The Morgan fingerprint density at radius 1 is 1.35 bits per heavy atom. The minimum atomic E-state index is -4.46. The number of hydrogen-bond donors (Lipinski definition) is 0. The number of carbonyl (C=O) groups is 1. The molecule has 0 aliphatic carbocycles. The summed E-state index contributed by atoms with van der Waals surface area (Å²) in [6.07, 6.45) is -2.39. The van der Waals surface area contributed by atoms with Crippen molar-refractivity contribution in [1.29, 1.82) is 0 Å². The van der Waals surface area contributed by atoms with Gasteiger partial charge in [-0.05, 0) is 18.6 Å². The van der Waals surface area contributed by atoms with Crippen LogP contribution < -0.4 is 0 Å². The molecule has 0 atom stereocenters. The van der Waals surface area contributed by atoms with Crippen molar-refractivity contribution < 1.29 is 18.0 Å². The van der Waals surface area contributed by atoms with Gasteiger partial charge < -0.3 is 0 Å². The van der Waals surface area contributed by atoms with E-state index in [-0.39, 0.29) is 5.56 Å². The molecule has 1 aromatic heterocycles. The first-order valence-corrected chi connectivity index (χ1v) is 6.07. The summed E-state index contributed by atoms with van der Waals surface area (Å²) in [7, 11) is 1.67. The Kier molecular flexibility index (Phi) is 3.65. The number of rotatable bonds is 3. The van der Waals surface area contributed by atoms with Gasteiger partial charge in [0.15, 0.2) is 5.78 Å². The average molecular weight is 282 g/mol. The van der Waals surface area contributed by atoms with Crippen LogP contribution in [0.4, 0.5) is 13.2 Å². The lowest BCUT2D eigenvalue weighted by atomic mass is 10.0. The SMILES string of the molecule is CCc1nn(C)cc1C(=O)c1cccc(C(F)(F)F)c1. The quantitative estimate of drug-likeness (QED) is 0.810. The summed E-state index contributed by atoms with van der Waals surface area (Å²) in [6, 6.07) is 4.43. The maximum atomic E-state index is 12.7. The van der Waals surface area contributed by atoms with Crippen molar-refractivity contribution >= 4 is 5.78 Å². The average Bonchev–Trinajstić information content (AvgIpc) is 2.78.